The molecule has 0 saturated carbocycles. The monoisotopic (exact) mass is 223 g/mol. The van der Waals surface area contributed by atoms with Gasteiger partial charge in [0.05, 0.1) is 0 Å². The molecule has 0 aliphatic rings. The third kappa shape index (κ3) is 3.35. The van der Waals surface area contributed by atoms with Crippen LogP contribution < -0.4 is 4.74 Å². The van der Waals surface area contributed by atoms with Crippen LogP contribution in [0.1, 0.15) is 12.5 Å². The molecule has 0 saturated heterocycles. The lowest BCUT2D eigenvalue weighted by Gasteiger charge is -2.05. The normalized spacial score (nSPS) is 9.24. The highest BCUT2D eigenvalue weighted by molar-refractivity contribution is 5.33. The maximum atomic E-state index is 5.64. The van der Waals surface area contributed by atoms with Crippen molar-refractivity contribution in [2.24, 2.45) is 0 Å². The number of hydrogen-bond acceptors (Lipinski definition) is 2. The molecule has 1 heterocycles. The maximum Gasteiger partial charge on any atom is 0.219 e. The van der Waals surface area contributed by atoms with Gasteiger partial charge in [0.2, 0.25) is 5.88 Å². The smallest absolute Gasteiger partial charge is 0.219 e. The van der Waals surface area contributed by atoms with Crippen molar-refractivity contribution in [1.29, 1.82) is 0 Å². The van der Waals surface area contributed by atoms with E-state index in [4.69, 9.17) is 4.74 Å². The fourth-order valence-corrected chi connectivity index (χ4v) is 1.44. The summed E-state index contributed by atoms with van der Waals surface area (Å²) in [5, 5.41) is 0. The van der Waals surface area contributed by atoms with E-state index in [0.29, 0.717) is 5.88 Å². The number of rotatable bonds is 3. The van der Waals surface area contributed by atoms with Crippen LogP contribution in [0.4, 0.5) is 0 Å². The Hall–Kier alpha value is -2.27. The van der Waals surface area contributed by atoms with Crippen molar-refractivity contribution in [2.45, 2.75) is 13.3 Å². The van der Waals surface area contributed by atoms with Gasteiger partial charge in [-0.15, -0.1) is 5.92 Å². The molecule has 0 unspecified atom stereocenters. The van der Waals surface area contributed by atoms with Gasteiger partial charge in [-0.1, -0.05) is 24.1 Å². The van der Waals surface area contributed by atoms with Gasteiger partial charge in [-0.3, -0.25) is 0 Å². The number of pyridine rings is 1. The summed E-state index contributed by atoms with van der Waals surface area (Å²) in [5.74, 6) is 7.31. The number of hydrogen-bond donors (Lipinski definition) is 0. The highest BCUT2D eigenvalue weighted by atomic mass is 16.5. The average molecular weight is 223 g/mol. The van der Waals surface area contributed by atoms with Gasteiger partial charge in [0.15, 0.2) is 0 Å². The summed E-state index contributed by atoms with van der Waals surface area (Å²) in [6, 6.07) is 13.5. The summed E-state index contributed by atoms with van der Waals surface area (Å²) in [6.07, 6.45) is 2.46. The van der Waals surface area contributed by atoms with E-state index in [0.717, 1.165) is 17.7 Å². The van der Waals surface area contributed by atoms with Crippen molar-refractivity contribution in [3.05, 3.63) is 54.2 Å². The van der Waals surface area contributed by atoms with Crippen LogP contribution in [0.25, 0.3) is 0 Å². The third-order valence-electron chi connectivity index (χ3n) is 2.23. The molecule has 84 valence electrons. The fraction of sp³-hybridized carbons (Fsp3) is 0.133. The Labute approximate surface area is 101 Å². The van der Waals surface area contributed by atoms with Crippen LogP contribution in [-0.4, -0.2) is 4.98 Å². The van der Waals surface area contributed by atoms with Gasteiger partial charge in [-0.05, 0) is 30.7 Å². The van der Waals surface area contributed by atoms with Crippen molar-refractivity contribution in [3.63, 3.8) is 0 Å². The first-order chi connectivity index (χ1) is 8.38. The van der Waals surface area contributed by atoms with E-state index in [9.17, 15) is 0 Å². The van der Waals surface area contributed by atoms with E-state index in [1.807, 2.05) is 49.4 Å². The van der Waals surface area contributed by atoms with Gasteiger partial charge in [0.25, 0.3) is 0 Å². The number of ether oxygens (including phenoxy) is 1. The van der Waals surface area contributed by atoms with Gasteiger partial charge in [-0.25, -0.2) is 4.98 Å². The molecule has 0 spiro atoms. The van der Waals surface area contributed by atoms with E-state index >= 15 is 0 Å². The molecular weight excluding hydrogens is 210 g/mol. The SMILES string of the molecule is CC#CCc1cccc(Oc2ccccn2)c1. The van der Waals surface area contributed by atoms with Crippen LogP contribution in [0.5, 0.6) is 11.6 Å². The van der Waals surface area contributed by atoms with E-state index in [2.05, 4.69) is 16.8 Å². The lowest BCUT2D eigenvalue weighted by Crippen LogP contribution is -1.88. The Morgan fingerprint density at radius 1 is 1.18 bits per heavy atom. The molecule has 1 aromatic carbocycles. The summed E-state index contributed by atoms with van der Waals surface area (Å²) < 4.78 is 5.64. The molecule has 0 radical (unpaired) electrons. The van der Waals surface area contributed by atoms with Crippen LogP contribution in [0, 0.1) is 11.8 Å². The Bertz CT molecular complexity index is 538. The standard InChI is InChI=1S/C15H13NO/c1-2-3-7-13-8-6-9-14(12-13)17-15-10-4-5-11-16-15/h4-6,8-12H,7H2,1H3. The van der Waals surface area contributed by atoms with Crippen LogP contribution in [0.3, 0.4) is 0 Å². The van der Waals surface area contributed by atoms with E-state index in [-0.39, 0.29) is 0 Å². The van der Waals surface area contributed by atoms with Gasteiger partial charge >= 0.3 is 0 Å². The third-order valence-corrected chi connectivity index (χ3v) is 2.23. The summed E-state index contributed by atoms with van der Waals surface area (Å²) in [4.78, 5) is 4.12. The molecule has 2 rings (SSSR count). The first-order valence-electron chi connectivity index (χ1n) is 5.46. The zero-order chi connectivity index (χ0) is 11.9. The molecule has 2 heteroatoms. The van der Waals surface area contributed by atoms with Crippen LogP contribution in [0.2, 0.25) is 0 Å². The Kier molecular flexibility index (Phi) is 3.77. The molecule has 2 aromatic rings. The zero-order valence-corrected chi connectivity index (χ0v) is 9.68. The highest BCUT2D eigenvalue weighted by Gasteiger charge is 1.98. The molecular formula is C15H13NO. The minimum atomic E-state index is 0.603. The number of nitrogens with zero attached hydrogens (tertiary/aromatic N) is 1. The summed E-state index contributed by atoms with van der Waals surface area (Å²) in [7, 11) is 0. The van der Waals surface area contributed by atoms with Crippen molar-refractivity contribution in [2.75, 3.05) is 0 Å². The van der Waals surface area contributed by atoms with Crippen LogP contribution in [0.15, 0.2) is 48.7 Å². The van der Waals surface area contributed by atoms with Gasteiger partial charge in [-0.2, -0.15) is 0 Å². The first-order valence-corrected chi connectivity index (χ1v) is 5.46. The molecule has 0 amide bonds. The highest BCUT2D eigenvalue weighted by Crippen LogP contribution is 2.19. The maximum absolute atomic E-state index is 5.64. The van der Waals surface area contributed by atoms with Gasteiger partial charge in [0, 0.05) is 18.7 Å². The lowest BCUT2D eigenvalue weighted by atomic mass is 10.1. The summed E-state index contributed by atoms with van der Waals surface area (Å²) >= 11 is 0. The lowest BCUT2D eigenvalue weighted by molar-refractivity contribution is 0.462. The second kappa shape index (κ2) is 5.72. The topological polar surface area (TPSA) is 22.1 Å². The molecule has 0 fully saturated rings. The van der Waals surface area contributed by atoms with Gasteiger partial charge < -0.3 is 4.74 Å². The minimum absolute atomic E-state index is 0.603. The Balaban J connectivity index is 2.13. The Morgan fingerprint density at radius 3 is 2.88 bits per heavy atom. The number of aromatic nitrogens is 1. The first kappa shape index (κ1) is 11.2. The summed E-state index contributed by atoms with van der Waals surface area (Å²) in [6.45, 7) is 1.84. The van der Waals surface area contributed by atoms with E-state index in [1.165, 1.54) is 0 Å². The largest absolute Gasteiger partial charge is 0.439 e. The molecule has 0 atom stereocenters. The second-order valence-corrected chi connectivity index (χ2v) is 3.52. The summed E-state index contributed by atoms with van der Waals surface area (Å²) in [5.41, 5.74) is 1.15. The van der Waals surface area contributed by atoms with E-state index < -0.39 is 0 Å². The quantitative estimate of drug-likeness (QED) is 0.743. The predicted molar refractivity (Wildman–Crippen MR) is 67.9 cm³/mol. The fourth-order valence-electron chi connectivity index (χ4n) is 1.44. The molecule has 0 aliphatic heterocycles. The predicted octanol–water partition coefficient (Wildman–Crippen LogP) is 3.44. The molecule has 0 N–H and O–H groups in total. The van der Waals surface area contributed by atoms with Gasteiger partial charge in [0.1, 0.15) is 5.75 Å². The molecule has 2 nitrogen and oxygen atoms in total. The second-order valence-electron chi connectivity index (χ2n) is 3.52. The number of benzene rings is 1. The zero-order valence-electron chi connectivity index (χ0n) is 9.68. The van der Waals surface area contributed by atoms with E-state index in [1.54, 1.807) is 6.20 Å². The van der Waals surface area contributed by atoms with Crippen molar-refractivity contribution < 1.29 is 4.74 Å². The minimum Gasteiger partial charge on any atom is -0.439 e. The average Bonchev–Trinajstić information content (AvgIpc) is 2.38. The molecule has 1 aromatic heterocycles. The molecule has 17 heavy (non-hydrogen) atoms. The van der Waals surface area contributed by atoms with Crippen LogP contribution >= 0.6 is 0 Å². The van der Waals surface area contributed by atoms with Crippen molar-refractivity contribution >= 4 is 0 Å². The van der Waals surface area contributed by atoms with Crippen LogP contribution in [-0.2, 0) is 6.42 Å². The molecule has 0 aliphatic carbocycles. The molecule has 0 bridgehead atoms. The van der Waals surface area contributed by atoms with Crippen molar-refractivity contribution in [3.8, 4) is 23.5 Å². The van der Waals surface area contributed by atoms with Crippen molar-refractivity contribution in [1.82, 2.24) is 4.98 Å². The Morgan fingerprint density at radius 2 is 2.12 bits per heavy atom.